The standard InChI is InChI=1S/C13H16F3NO/c1-10-2-3-12(13(14,15)16)11(8-10)9-17-4-6-18-7-5-17/h2-3,8H,4-7,9H2,1H3. The Hall–Kier alpha value is -1.07. The third-order valence-corrected chi connectivity index (χ3v) is 3.06. The van der Waals surface area contributed by atoms with Gasteiger partial charge in [-0.15, -0.1) is 0 Å². The van der Waals surface area contributed by atoms with Gasteiger partial charge < -0.3 is 4.74 Å². The maximum atomic E-state index is 12.9. The summed E-state index contributed by atoms with van der Waals surface area (Å²) in [6.45, 7) is 4.69. The molecular formula is C13H16F3NO. The molecule has 1 aromatic carbocycles. The van der Waals surface area contributed by atoms with E-state index in [9.17, 15) is 13.2 Å². The van der Waals surface area contributed by atoms with Gasteiger partial charge in [-0.3, -0.25) is 4.90 Å². The molecule has 1 saturated heterocycles. The predicted molar refractivity (Wildman–Crippen MR) is 62.3 cm³/mol. The molecule has 18 heavy (non-hydrogen) atoms. The third-order valence-electron chi connectivity index (χ3n) is 3.06. The maximum absolute atomic E-state index is 12.9. The number of morpholine rings is 1. The smallest absolute Gasteiger partial charge is 0.379 e. The van der Waals surface area contributed by atoms with Crippen LogP contribution in [-0.4, -0.2) is 31.2 Å². The molecule has 0 bridgehead atoms. The molecule has 5 heteroatoms. The number of hydrogen-bond donors (Lipinski definition) is 0. The van der Waals surface area contributed by atoms with Crippen LogP contribution in [0, 0.1) is 6.92 Å². The van der Waals surface area contributed by atoms with Crippen LogP contribution in [0.15, 0.2) is 18.2 Å². The Morgan fingerprint density at radius 1 is 1.22 bits per heavy atom. The molecule has 0 aliphatic carbocycles. The van der Waals surface area contributed by atoms with Gasteiger partial charge >= 0.3 is 6.18 Å². The summed E-state index contributed by atoms with van der Waals surface area (Å²) in [5.74, 6) is 0. The Balaban J connectivity index is 2.21. The van der Waals surface area contributed by atoms with Gasteiger partial charge in [0.15, 0.2) is 0 Å². The molecule has 0 spiro atoms. The van der Waals surface area contributed by atoms with E-state index in [0.717, 1.165) is 5.56 Å². The van der Waals surface area contributed by atoms with Crippen LogP contribution >= 0.6 is 0 Å². The number of nitrogens with zero attached hydrogens (tertiary/aromatic N) is 1. The topological polar surface area (TPSA) is 12.5 Å². The van der Waals surface area contributed by atoms with Gasteiger partial charge in [-0.2, -0.15) is 13.2 Å². The van der Waals surface area contributed by atoms with E-state index in [4.69, 9.17) is 4.74 Å². The highest BCUT2D eigenvalue weighted by atomic mass is 19.4. The van der Waals surface area contributed by atoms with Crippen molar-refractivity contribution in [3.8, 4) is 0 Å². The van der Waals surface area contributed by atoms with E-state index in [1.165, 1.54) is 12.1 Å². The average molecular weight is 259 g/mol. The lowest BCUT2D eigenvalue weighted by atomic mass is 10.0. The molecule has 0 amide bonds. The van der Waals surface area contributed by atoms with Crippen molar-refractivity contribution in [2.24, 2.45) is 0 Å². The molecule has 0 saturated carbocycles. The van der Waals surface area contributed by atoms with Gasteiger partial charge in [-0.05, 0) is 18.6 Å². The van der Waals surface area contributed by atoms with Crippen LogP contribution in [0.5, 0.6) is 0 Å². The molecule has 1 aliphatic rings. The first-order valence-corrected chi connectivity index (χ1v) is 5.93. The fraction of sp³-hybridized carbons (Fsp3) is 0.538. The van der Waals surface area contributed by atoms with Gasteiger partial charge in [-0.1, -0.05) is 17.7 Å². The molecule has 0 N–H and O–H groups in total. The van der Waals surface area contributed by atoms with Crippen molar-refractivity contribution in [1.29, 1.82) is 0 Å². The van der Waals surface area contributed by atoms with E-state index in [1.54, 1.807) is 6.07 Å². The molecule has 1 heterocycles. The normalized spacial score (nSPS) is 18.0. The second-order valence-corrected chi connectivity index (χ2v) is 4.55. The van der Waals surface area contributed by atoms with Crippen LogP contribution in [0.4, 0.5) is 13.2 Å². The van der Waals surface area contributed by atoms with E-state index >= 15 is 0 Å². The van der Waals surface area contributed by atoms with Gasteiger partial charge in [0, 0.05) is 19.6 Å². The van der Waals surface area contributed by atoms with Crippen molar-refractivity contribution in [3.05, 3.63) is 34.9 Å². The molecule has 1 aromatic rings. The number of aryl methyl sites for hydroxylation is 1. The summed E-state index contributed by atoms with van der Waals surface area (Å²) in [5.41, 5.74) is 0.676. The highest BCUT2D eigenvalue weighted by molar-refractivity contribution is 5.33. The van der Waals surface area contributed by atoms with Crippen LogP contribution in [0.25, 0.3) is 0 Å². The number of ether oxygens (including phenoxy) is 1. The minimum Gasteiger partial charge on any atom is -0.379 e. The molecule has 1 aliphatic heterocycles. The van der Waals surface area contributed by atoms with Gasteiger partial charge in [-0.25, -0.2) is 0 Å². The van der Waals surface area contributed by atoms with Crippen molar-refractivity contribution in [2.75, 3.05) is 26.3 Å². The number of alkyl halides is 3. The number of rotatable bonds is 2. The van der Waals surface area contributed by atoms with Crippen molar-refractivity contribution in [3.63, 3.8) is 0 Å². The second-order valence-electron chi connectivity index (χ2n) is 4.55. The Morgan fingerprint density at radius 3 is 2.50 bits per heavy atom. The number of benzene rings is 1. The van der Waals surface area contributed by atoms with Gasteiger partial charge in [0.2, 0.25) is 0 Å². The van der Waals surface area contributed by atoms with E-state index in [2.05, 4.69) is 0 Å². The Kier molecular flexibility index (Phi) is 3.92. The van der Waals surface area contributed by atoms with Gasteiger partial charge in [0.1, 0.15) is 0 Å². The summed E-state index contributed by atoms with van der Waals surface area (Å²) in [5, 5.41) is 0. The summed E-state index contributed by atoms with van der Waals surface area (Å²) in [4.78, 5) is 1.99. The maximum Gasteiger partial charge on any atom is 0.416 e. The first-order valence-electron chi connectivity index (χ1n) is 5.93. The number of hydrogen-bond acceptors (Lipinski definition) is 2. The van der Waals surface area contributed by atoms with Crippen LogP contribution in [0.3, 0.4) is 0 Å². The molecule has 0 radical (unpaired) electrons. The third kappa shape index (κ3) is 3.23. The SMILES string of the molecule is Cc1ccc(C(F)(F)F)c(CN2CCOCC2)c1. The molecule has 1 fully saturated rings. The molecular weight excluding hydrogens is 243 g/mol. The zero-order chi connectivity index (χ0) is 13.2. The van der Waals surface area contributed by atoms with Gasteiger partial charge in [0.25, 0.3) is 0 Å². The van der Waals surface area contributed by atoms with E-state index in [1.807, 2.05) is 11.8 Å². The molecule has 100 valence electrons. The lowest BCUT2D eigenvalue weighted by molar-refractivity contribution is -0.138. The summed E-state index contributed by atoms with van der Waals surface area (Å²) in [6.07, 6.45) is -4.28. The largest absolute Gasteiger partial charge is 0.416 e. The molecule has 2 nitrogen and oxygen atoms in total. The predicted octanol–water partition coefficient (Wildman–Crippen LogP) is 2.85. The van der Waals surface area contributed by atoms with Gasteiger partial charge in [0.05, 0.1) is 18.8 Å². The van der Waals surface area contributed by atoms with E-state index < -0.39 is 11.7 Å². The summed E-state index contributed by atoms with van der Waals surface area (Å²) in [7, 11) is 0. The lowest BCUT2D eigenvalue weighted by Crippen LogP contribution is -2.36. The molecule has 0 unspecified atom stereocenters. The van der Waals surface area contributed by atoms with Crippen LogP contribution in [0.1, 0.15) is 16.7 Å². The zero-order valence-corrected chi connectivity index (χ0v) is 10.3. The van der Waals surface area contributed by atoms with Crippen molar-refractivity contribution >= 4 is 0 Å². The summed E-state index contributed by atoms with van der Waals surface area (Å²) < 4.78 is 43.9. The van der Waals surface area contributed by atoms with E-state index in [-0.39, 0.29) is 0 Å². The zero-order valence-electron chi connectivity index (χ0n) is 10.3. The monoisotopic (exact) mass is 259 g/mol. The average Bonchev–Trinajstić information content (AvgIpc) is 2.28. The summed E-state index contributed by atoms with van der Waals surface area (Å²) >= 11 is 0. The minimum atomic E-state index is -4.28. The van der Waals surface area contributed by atoms with E-state index in [0.29, 0.717) is 38.4 Å². The van der Waals surface area contributed by atoms with Crippen molar-refractivity contribution < 1.29 is 17.9 Å². The fourth-order valence-electron chi connectivity index (χ4n) is 2.13. The number of halogens is 3. The Morgan fingerprint density at radius 2 is 1.89 bits per heavy atom. The lowest BCUT2D eigenvalue weighted by Gasteiger charge is -2.27. The summed E-state index contributed by atoms with van der Waals surface area (Å²) in [6, 6.07) is 4.30. The highest BCUT2D eigenvalue weighted by Gasteiger charge is 2.33. The minimum absolute atomic E-state index is 0.333. The first kappa shape index (κ1) is 13.4. The van der Waals surface area contributed by atoms with Crippen LogP contribution in [-0.2, 0) is 17.5 Å². The second kappa shape index (κ2) is 5.28. The Bertz CT molecular complexity index is 411. The molecule has 0 atom stereocenters. The first-order chi connectivity index (χ1) is 8.47. The molecule has 0 aromatic heterocycles. The highest BCUT2D eigenvalue weighted by Crippen LogP contribution is 2.33. The Labute approximate surface area is 104 Å². The van der Waals surface area contributed by atoms with Crippen LogP contribution in [0.2, 0.25) is 0 Å². The van der Waals surface area contributed by atoms with Crippen molar-refractivity contribution in [1.82, 2.24) is 4.90 Å². The van der Waals surface area contributed by atoms with Crippen molar-refractivity contribution in [2.45, 2.75) is 19.6 Å². The molecule has 2 rings (SSSR count). The van der Waals surface area contributed by atoms with Crippen LogP contribution < -0.4 is 0 Å². The fourth-order valence-corrected chi connectivity index (χ4v) is 2.13. The quantitative estimate of drug-likeness (QED) is 0.809.